The summed E-state index contributed by atoms with van der Waals surface area (Å²) < 4.78 is 2.12. The minimum atomic E-state index is 0.339. The number of thiophene rings is 1. The van der Waals surface area contributed by atoms with Crippen LogP contribution in [0.2, 0.25) is 0 Å². The summed E-state index contributed by atoms with van der Waals surface area (Å²) in [5.74, 6) is 1.80. The molecule has 0 fully saturated rings. The highest BCUT2D eigenvalue weighted by Crippen LogP contribution is 2.28. The van der Waals surface area contributed by atoms with Gasteiger partial charge in [0.1, 0.15) is 5.82 Å². The van der Waals surface area contributed by atoms with Crippen LogP contribution in [0.1, 0.15) is 42.4 Å². The molecule has 0 bridgehead atoms. The summed E-state index contributed by atoms with van der Waals surface area (Å²) in [4.78, 5) is 2.82. The lowest BCUT2D eigenvalue weighted by Gasteiger charge is -2.12. The Hall–Kier alpha value is -0.850. The highest BCUT2D eigenvalue weighted by molar-refractivity contribution is 7.98. The SMILES string of the molecule is CCc1ccc(CSc2nnc(CN)n2C(C)C)s1. The lowest BCUT2D eigenvalue weighted by Crippen LogP contribution is -2.11. The van der Waals surface area contributed by atoms with E-state index < -0.39 is 0 Å². The van der Waals surface area contributed by atoms with Crippen LogP contribution in [-0.4, -0.2) is 14.8 Å². The van der Waals surface area contributed by atoms with E-state index in [9.17, 15) is 0 Å². The van der Waals surface area contributed by atoms with Gasteiger partial charge in [-0.3, -0.25) is 0 Å². The van der Waals surface area contributed by atoms with Crippen molar-refractivity contribution in [3.05, 3.63) is 27.7 Å². The topological polar surface area (TPSA) is 56.7 Å². The summed E-state index contributed by atoms with van der Waals surface area (Å²) in [6, 6.07) is 4.75. The van der Waals surface area contributed by atoms with Gasteiger partial charge < -0.3 is 10.3 Å². The van der Waals surface area contributed by atoms with E-state index in [1.165, 1.54) is 9.75 Å². The van der Waals surface area contributed by atoms with Crippen LogP contribution in [0.3, 0.4) is 0 Å². The minimum absolute atomic E-state index is 0.339. The summed E-state index contributed by atoms with van der Waals surface area (Å²) in [5.41, 5.74) is 5.70. The Kier molecular flexibility index (Phi) is 5.01. The first-order valence-corrected chi connectivity index (χ1v) is 8.30. The quantitative estimate of drug-likeness (QED) is 0.831. The number of nitrogens with zero attached hydrogens (tertiary/aromatic N) is 3. The van der Waals surface area contributed by atoms with Crippen LogP contribution in [0.15, 0.2) is 17.3 Å². The van der Waals surface area contributed by atoms with Crippen molar-refractivity contribution in [1.29, 1.82) is 0 Å². The van der Waals surface area contributed by atoms with Crippen LogP contribution >= 0.6 is 23.1 Å². The van der Waals surface area contributed by atoms with Crippen LogP contribution in [0.25, 0.3) is 0 Å². The fourth-order valence-corrected chi connectivity index (χ4v) is 3.98. The molecule has 104 valence electrons. The van der Waals surface area contributed by atoms with Gasteiger partial charge in [-0.05, 0) is 32.4 Å². The number of hydrogen-bond donors (Lipinski definition) is 1. The molecule has 2 aromatic heterocycles. The molecule has 0 atom stereocenters. The molecule has 19 heavy (non-hydrogen) atoms. The number of hydrogen-bond acceptors (Lipinski definition) is 5. The van der Waals surface area contributed by atoms with E-state index in [0.29, 0.717) is 12.6 Å². The third-order valence-corrected chi connectivity index (χ3v) is 5.25. The highest BCUT2D eigenvalue weighted by atomic mass is 32.2. The van der Waals surface area contributed by atoms with Gasteiger partial charge in [-0.2, -0.15) is 0 Å². The van der Waals surface area contributed by atoms with Crippen LogP contribution in [0, 0.1) is 0 Å². The van der Waals surface area contributed by atoms with Gasteiger partial charge in [-0.1, -0.05) is 18.7 Å². The van der Waals surface area contributed by atoms with Crippen LogP contribution in [0.4, 0.5) is 0 Å². The summed E-state index contributed by atoms with van der Waals surface area (Å²) in [6.45, 7) is 6.89. The molecule has 6 heteroatoms. The summed E-state index contributed by atoms with van der Waals surface area (Å²) >= 11 is 3.61. The van der Waals surface area contributed by atoms with Crippen molar-refractivity contribution in [1.82, 2.24) is 14.8 Å². The van der Waals surface area contributed by atoms with E-state index in [1.54, 1.807) is 11.8 Å². The Morgan fingerprint density at radius 3 is 2.63 bits per heavy atom. The molecule has 0 aliphatic heterocycles. The van der Waals surface area contributed by atoms with Crippen molar-refractivity contribution in [2.75, 3.05) is 0 Å². The molecule has 2 heterocycles. The molecular weight excluding hydrogens is 276 g/mol. The highest BCUT2D eigenvalue weighted by Gasteiger charge is 2.14. The zero-order chi connectivity index (χ0) is 13.8. The van der Waals surface area contributed by atoms with Gasteiger partial charge in [0.15, 0.2) is 5.16 Å². The molecular formula is C13H20N4S2. The van der Waals surface area contributed by atoms with Crippen molar-refractivity contribution in [2.24, 2.45) is 5.73 Å². The van der Waals surface area contributed by atoms with E-state index >= 15 is 0 Å². The van der Waals surface area contributed by atoms with Crippen LogP contribution in [0.5, 0.6) is 0 Å². The van der Waals surface area contributed by atoms with Gasteiger partial charge in [0, 0.05) is 21.5 Å². The van der Waals surface area contributed by atoms with Gasteiger partial charge in [-0.15, -0.1) is 21.5 Å². The minimum Gasteiger partial charge on any atom is -0.324 e. The number of rotatable bonds is 6. The van der Waals surface area contributed by atoms with Crippen LogP contribution < -0.4 is 5.73 Å². The number of aryl methyl sites for hydroxylation is 1. The second-order valence-electron chi connectivity index (χ2n) is 4.58. The number of aromatic nitrogens is 3. The Balaban J connectivity index is 2.08. The van der Waals surface area contributed by atoms with Crippen molar-refractivity contribution in [2.45, 2.75) is 50.7 Å². The van der Waals surface area contributed by atoms with Crippen LogP contribution in [-0.2, 0) is 18.7 Å². The lowest BCUT2D eigenvalue weighted by molar-refractivity contribution is 0.526. The van der Waals surface area contributed by atoms with Crippen molar-refractivity contribution >= 4 is 23.1 Å². The largest absolute Gasteiger partial charge is 0.324 e. The molecule has 4 nitrogen and oxygen atoms in total. The molecule has 2 aromatic rings. The zero-order valence-corrected chi connectivity index (χ0v) is 13.2. The maximum Gasteiger partial charge on any atom is 0.191 e. The van der Waals surface area contributed by atoms with E-state index in [1.807, 2.05) is 11.3 Å². The molecule has 0 saturated carbocycles. The zero-order valence-electron chi connectivity index (χ0n) is 11.6. The van der Waals surface area contributed by atoms with Gasteiger partial charge in [0.05, 0.1) is 6.54 Å². The Morgan fingerprint density at radius 2 is 2.05 bits per heavy atom. The molecule has 2 rings (SSSR count). The van der Waals surface area contributed by atoms with E-state index in [4.69, 9.17) is 5.73 Å². The maximum atomic E-state index is 5.70. The fourth-order valence-electron chi connectivity index (χ4n) is 1.89. The maximum absolute atomic E-state index is 5.70. The smallest absolute Gasteiger partial charge is 0.191 e. The Morgan fingerprint density at radius 1 is 1.32 bits per heavy atom. The molecule has 0 unspecified atom stereocenters. The van der Waals surface area contributed by atoms with Crippen molar-refractivity contribution in [3.63, 3.8) is 0 Å². The molecule has 0 spiro atoms. The third kappa shape index (κ3) is 3.38. The normalized spacial score (nSPS) is 11.4. The van der Waals surface area contributed by atoms with Gasteiger partial charge >= 0.3 is 0 Å². The van der Waals surface area contributed by atoms with E-state index in [-0.39, 0.29) is 0 Å². The second-order valence-corrected chi connectivity index (χ2v) is 6.77. The first-order valence-electron chi connectivity index (χ1n) is 6.50. The Bertz CT molecular complexity index is 530. The number of thioether (sulfide) groups is 1. The lowest BCUT2D eigenvalue weighted by atomic mass is 10.4. The second kappa shape index (κ2) is 6.54. The summed E-state index contributed by atoms with van der Waals surface area (Å²) in [5, 5.41) is 9.37. The summed E-state index contributed by atoms with van der Waals surface area (Å²) in [6.07, 6.45) is 1.11. The first-order chi connectivity index (χ1) is 9.15. The average molecular weight is 296 g/mol. The monoisotopic (exact) mass is 296 g/mol. The Labute approximate surface area is 122 Å². The summed E-state index contributed by atoms with van der Waals surface area (Å²) in [7, 11) is 0. The van der Waals surface area contributed by atoms with Gasteiger partial charge in [0.2, 0.25) is 0 Å². The predicted octanol–water partition coefficient (Wildman–Crippen LogP) is 3.23. The molecule has 0 aromatic carbocycles. The van der Waals surface area contributed by atoms with E-state index in [2.05, 4.69) is 47.7 Å². The molecule has 0 aliphatic carbocycles. The van der Waals surface area contributed by atoms with Crippen molar-refractivity contribution < 1.29 is 0 Å². The first kappa shape index (κ1) is 14.6. The fraction of sp³-hybridized carbons (Fsp3) is 0.538. The average Bonchev–Trinajstić information content (AvgIpc) is 3.02. The molecule has 0 amide bonds. The standard InChI is InChI=1S/C13H20N4S2/c1-4-10-5-6-11(19-10)8-18-13-16-15-12(7-14)17(13)9(2)3/h5-6,9H,4,7-8,14H2,1-3H3. The molecule has 0 radical (unpaired) electrons. The van der Waals surface area contributed by atoms with Gasteiger partial charge in [0.25, 0.3) is 0 Å². The molecule has 0 aliphatic rings. The van der Waals surface area contributed by atoms with Crippen molar-refractivity contribution in [3.8, 4) is 0 Å². The van der Waals surface area contributed by atoms with E-state index in [0.717, 1.165) is 23.2 Å². The molecule has 0 saturated heterocycles. The van der Waals surface area contributed by atoms with Gasteiger partial charge in [-0.25, -0.2) is 0 Å². The third-order valence-electron chi connectivity index (χ3n) is 2.84. The number of nitrogens with two attached hydrogens (primary N) is 1. The predicted molar refractivity (Wildman–Crippen MR) is 81.6 cm³/mol. The molecule has 2 N–H and O–H groups in total.